The number of benzene rings is 1. The zero-order chi connectivity index (χ0) is 19.2. The van der Waals surface area contributed by atoms with Gasteiger partial charge in [-0.3, -0.25) is 14.5 Å². The van der Waals surface area contributed by atoms with E-state index in [0.29, 0.717) is 29.7 Å². The first-order valence-electron chi connectivity index (χ1n) is 9.36. The molecule has 7 heteroatoms. The average molecular weight is 387 g/mol. The molecule has 1 saturated heterocycles. The van der Waals surface area contributed by atoms with E-state index in [9.17, 15) is 9.59 Å². The molecule has 1 unspecified atom stereocenters. The van der Waals surface area contributed by atoms with E-state index in [1.165, 1.54) is 11.3 Å². The Morgan fingerprint density at radius 3 is 2.74 bits per heavy atom. The lowest BCUT2D eigenvalue weighted by molar-refractivity contribution is -0.120. The standard InChI is InChI=1S/C20H26N4O2S/c1-14(2)17(22-15-7-4-3-5-8-15)12-21-18(25)11-16-13-27-20(23-16)24-10-6-9-19(24)26/h3-5,7-8,13-14,17,22H,6,9-12H2,1-2H3,(H,21,25). The highest BCUT2D eigenvalue weighted by molar-refractivity contribution is 7.14. The highest BCUT2D eigenvalue weighted by atomic mass is 32.1. The number of nitrogens with zero attached hydrogens (tertiary/aromatic N) is 2. The molecule has 1 aromatic carbocycles. The van der Waals surface area contributed by atoms with E-state index >= 15 is 0 Å². The summed E-state index contributed by atoms with van der Waals surface area (Å²) in [6.45, 7) is 5.53. The number of carbonyl (C=O) groups is 2. The molecule has 1 aliphatic rings. The van der Waals surface area contributed by atoms with Crippen molar-refractivity contribution in [1.29, 1.82) is 0 Å². The number of hydrogen-bond acceptors (Lipinski definition) is 5. The van der Waals surface area contributed by atoms with Gasteiger partial charge in [-0.1, -0.05) is 32.0 Å². The number of carbonyl (C=O) groups excluding carboxylic acids is 2. The Hall–Kier alpha value is -2.41. The smallest absolute Gasteiger partial charge is 0.228 e. The van der Waals surface area contributed by atoms with Crippen LogP contribution in [0, 0.1) is 5.92 Å². The van der Waals surface area contributed by atoms with Gasteiger partial charge in [0, 0.05) is 36.6 Å². The molecule has 144 valence electrons. The number of amides is 2. The third-order valence-electron chi connectivity index (χ3n) is 4.64. The first kappa shape index (κ1) is 19.4. The minimum Gasteiger partial charge on any atom is -0.380 e. The molecule has 0 spiro atoms. The van der Waals surface area contributed by atoms with Crippen LogP contribution >= 0.6 is 11.3 Å². The van der Waals surface area contributed by atoms with Crippen LogP contribution in [-0.2, 0) is 16.0 Å². The number of nitrogens with one attached hydrogen (secondary N) is 2. The molecule has 6 nitrogen and oxygen atoms in total. The van der Waals surface area contributed by atoms with E-state index in [1.54, 1.807) is 4.90 Å². The summed E-state index contributed by atoms with van der Waals surface area (Å²) >= 11 is 1.43. The minimum absolute atomic E-state index is 0.0555. The monoisotopic (exact) mass is 386 g/mol. The molecular formula is C20H26N4O2S. The average Bonchev–Trinajstić information content (AvgIpc) is 3.27. The van der Waals surface area contributed by atoms with Gasteiger partial charge < -0.3 is 10.6 Å². The minimum atomic E-state index is -0.0555. The lowest BCUT2D eigenvalue weighted by Crippen LogP contribution is -2.40. The molecule has 1 aliphatic heterocycles. The SMILES string of the molecule is CC(C)C(CNC(=O)Cc1csc(N2CCCC2=O)n1)Nc1ccccc1. The summed E-state index contributed by atoms with van der Waals surface area (Å²) in [4.78, 5) is 30.3. The summed E-state index contributed by atoms with van der Waals surface area (Å²) in [6.07, 6.45) is 1.69. The maximum Gasteiger partial charge on any atom is 0.228 e. The van der Waals surface area contributed by atoms with Gasteiger partial charge in [0.1, 0.15) is 0 Å². The van der Waals surface area contributed by atoms with Crippen LogP contribution in [0.4, 0.5) is 10.8 Å². The van der Waals surface area contributed by atoms with Gasteiger partial charge in [0.15, 0.2) is 5.13 Å². The van der Waals surface area contributed by atoms with Crippen molar-refractivity contribution >= 4 is 34.0 Å². The fourth-order valence-corrected chi connectivity index (χ4v) is 3.87. The van der Waals surface area contributed by atoms with Crippen molar-refractivity contribution in [2.45, 2.75) is 39.2 Å². The fraction of sp³-hybridized carbons (Fsp3) is 0.450. The van der Waals surface area contributed by atoms with Crippen molar-refractivity contribution < 1.29 is 9.59 Å². The summed E-state index contributed by atoms with van der Waals surface area (Å²) in [6, 6.07) is 10.1. The van der Waals surface area contributed by atoms with Crippen LogP contribution in [0.1, 0.15) is 32.4 Å². The van der Waals surface area contributed by atoms with Crippen molar-refractivity contribution in [3.63, 3.8) is 0 Å². The van der Waals surface area contributed by atoms with E-state index in [-0.39, 0.29) is 24.3 Å². The molecule has 2 N–H and O–H groups in total. The van der Waals surface area contributed by atoms with Crippen molar-refractivity contribution in [3.05, 3.63) is 41.4 Å². The molecule has 1 atom stereocenters. The Bertz CT molecular complexity index is 775. The second kappa shape index (κ2) is 8.99. The Morgan fingerprint density at radius 2 is 2.07 bits per heavy atom. The van der Waals surface area contributed by atoms with Gasteiger partial charge in [0.2, 0.25) is 11.8 Å². The third-order valence-corrected chi connectivity index (χ3v) is 5.55. The second-order valence-corrected chi connectivity index (χ2v) is 7.95. The van der Waals surface area contributed by atoms with Gasteiger partial charge in [0.05, 0.1) is 12.1 Å². The maximum atomic E-state index is 12.3. The molecule has 0 saturated carbocycles. The Labute approximate surface area is 164 Å². The Balaban J connectivity index is 1.51. The van der Waals surface area contributed by atoms with Crippen LogP contribution in [0.15, 0.2) is 35.7 Å². The lowest BCUT2D eigenvalue weighted by atomic mass is 10.0. The van der Waals surface area contributed by atoms with Crippen LogP contribution in [0.5, 0.6) is 0 Å². The van der Waals surface area contributed by atoms with Crippen LogP contribution in [-0.4, -0.2) is 35.9 Å². The molecule has 0 bridgehead atoms. The highest BCUT2D eigenvalue weighted by Crippen LogP contribution is 2.25. The molecule has 3 rings (SSSR count). The summed E-state index contributed by atoms with van der Waals surface area (Å²) in [5.74, 6) is 0.435. The van der Waals surface area contributed by atoms with Crippen molar-refractivity contribution in [2.75, 3.05) is 23.3 Å². The summed E-state index contributed by atoms with van der Waals surface area (Å²) in [5.41, 5.74) is 1.76. The first-order valence-corrected chi connectivity index (χ1v) is 10.2. The van der Waals surface area contributed by atoms with Gasteiger partial charge in [-0.25, -0.2) is 4.98 Å². The van der Waals surface area contributed by atoms with E-state index < -0.39 is 0 Å². The van der Waals surface area contributed by atoms with Gasteiger partial charge >= 0.3 is 0 Å². The molecule has 2 amide bonds. The molecule has 0 aliphatic carbocycles. The van der Waals surface area contributed by atoms with Crippen molar-refractivity contribution in [2.24, 2.45) is 5.92 Å². The first-order chi connectivity index (χ1) is 13.0. The normalized spacial score (nSPS) is 15.2. The van der Waals surface area contributed by atoms with Gasteiger partial charge in [-0.2, -0.15) is 0 Å². The van der Waals surface area contributed by atoms with Crippen LogP contribution in [0.25, 0.3) is 0 Å². The summed E-state index contributed by atoms with van der Waals surface area (Å²) < 4.78 is 0. The molecule has 1 aromatic heterocycles. The van der Waals surface area contributed by atoms with E-state index in [4.69, 9.17) is 0 Å². The largest absolute Gasteiger partial charge is 0.380 e. The number of anilines is 2. The third kappa shape index (κ3) is 5.29. The molecule has 0 radical (unpaired) electrons. The van der Waals surface area contributed by atoms with Gasteiger partial charge in [-0.15, -0.1) is 11.3 Å². The highest BCUT2D eigenvalue weighted by Gasteiger charge is 2.24. The molecule has 2 heterocycles. The molecule has 27 heavy (non-hydrogen) atoms. The Morgan fingerprint density at radius 1 is 1.30 bits per heavy atom. The fourth-order valence-electron chi connectivity index (χ4n) is 3.00. The second-order valence-electron chi connectivity index (χ2n) is 7.11. The summed E-state index contributed by atoms with van der Waals surface area (Å²) in [5, 5.41) is 9.04. The Kier molecular flexibility index (Phi) is 6.45. The number of aromatic nitrogens is 1. The molecule has 2 aromatic rings. The van der Waals surface area contributed by atoms with E-state index in [2.05, 4.69) is 29.5 Å². The predicted octanol–water partition coefficient (Wildman–Crippen LogP) is 3.07. The summed E-state index contributed by atoms with van der Waals surface area (Å²) in [7, 11) is 0. The van der Waals surface area contributed by atoms with Gasteiger partial charge in [-0.05, 0) is 24.5 Å². The number of rotatable bonds is 8. The lowest BCUT2D eigenvalue weighted by Gasteiger charge is -2.24. The number of para-hydroxylation sites is 1. The molecule has 1 fully saturated rings. The van der Waals surface area contributed by atoms with Crippen LogP contribution < -0.4 is 15.5 Å². The zero-order valence-corrected chi connectivity index (χ0v) is 16.6. The van der Waals surface area contributed by atoms with Crippen LogP contribution in [0.3, 0.4) is 0 Å². The maximum absolute atomic E-state index is 12.3. The van der Waals surface area contributed by atoms with Crippen LogP contribution in [0.2, 0.25) is 0 Å². The quantitative estimate of drug-likeness (QED) is 0.731. The zero-order valence-electron chi connectivity index (χ0n) is 15.8. The van der Waals surface area contributed by atoms with E-state index in [0.717, 1.165) is 18.7 Å². The number of hydrogen-bond donors (Lipinski definition) is 2. The van der Waals surface area contributed by atoms with Gasteiger partial charge in [0.25, 0.3) is 0 Å². The van der Waals surface area contributed by atoms with Crippen molar-refractivity contribution in [1.82, 2.24) is 10.3 Å². The predicted molar refractivity (Wildman–Crippen MR) is 109 cm³/mol. The van der Waals surface area contributed by atoms with E-state index in [1.807, 2.05) is 35.7 Å². The molecular weight excluding hydrogens is 360 g/mol. The number of thiazole rings is 1. The van der Waals surface area contributed by atoms with Crippen molar-refractivity contribution in [3.8, 4) is 0 Å². The topological polar surface area (TPSA) is 74.3 Å².